The first kappa shape index (κ1) is 20.3. The summed E-state index contributed by atoms with van der Waals surface area (Å²) in [6.07, 6.45) is 6.08. The molecule has 2 rings (SSSR count). The number of amides is 1. The summed E-state index contributed by atoms with van der Waals surface area (Å²) in [7, 11) is 3.56. The fourth-order valence-electron chi connectivity index (χ4n) is 3.44. The Balaban J connectivity index is 1.89. The number of carbonyl (C=O) groups excluding carboxylic acids is 1. The Morgan fingerprint density at radius 1 is 1.23 bits per heavy atom. The van der Waals surface area contributed by atoms with Crippen LogP contribution in [0.3, 0.4) is 0 Å². The maximum atomic E-state index is 12.1. The summed E-state index contributed by atoms with van der Waals surface area (Å²) in [6.45, 7) is 6.97. The molecule has 0 saturated heterocycles. The summed E-state index contributed by atoms with van der Waals surface area (Å²) < 4.78 is 0. The average Bonchev–Trinajstić information content (AvgIpc) is 3.06. The van der Waals surface area contributed by atoms with E-state index in [1.165, 1.54) is 25.7 Å². The molecule has 1 saturated carbocycles. The van der Waals surface area contributed by atoms with Gasteiger partial charge in [0.25, 0.3) is 5.91 Å². The number of hydrogen-bond donors (Lipinski definition) is 2. The van der Waals surface area contributed by atoms with Crippen LogP contribution in [0.25, 0.3) is 0 Å². The lowest BCUT2D eigenvalue weighted by atomic mass is 9.89. The fourth-order valence-corrected chi connectivity index (χ4v) is 3.44. The molecular formula is C21H34N4O. The summed E-state index contributed by atoms with van der Waals surface area (Å²) >= 11 is 0. The molecule has 0 spiro atoms. The van der Waals surface area contributed by atoms with Crippen molar-refractivity contribution in [2.75, 3.05) is 33.7 Å². The molecule has 0 aromatic heterocycles. The second kappa shape index (κ2) is 9.60. The largest absolute Gasteiger partial charge is 0.357 e. The normalized spacial score (nSPS) is 16.4. The molecule has 26 heavy (non-hydrogen) atoms. The molecule has 5 nitrogen and oxygen atoms in total. The van der Waals surface area contributed by atoms with E-state index in [-0.39, 0.29) is 5.91 Å². The monoisotopic (exact) mass is 358 g/mol. The van der Waals surface area contributed by atoms with Crippen LogP contribution < -0.4 is 10.6 Å². The van der Waals surface area contributed by atoms with Gasteiger partial charge in [-0.1, -0.05) is 31.9 Å². The fraction of sp³-hybridized carbons (Fsp3) is 0.619. The van der Waals surface area contributed by atoms with Gasteiger partial charge in [0.2, 0.25) is 0 Å². The smallest absolute Gasteiger partial charge is 0.253 e. The number of aliphatic imine (C=N–C) groups is 1. The summed E-state index contributed by atoms with van der Waals surface area (Å²) in [4.78, 5) is 18.5. The van der Waals surface area contributed by atoms with Crippen molar-refractivity contribution in [3.05, 3.63) is 35.4 Å². The number of hydrogen-bond acceptors (Lipinski definition) is 2. The summed E-state index contributed by atoms with van der Waals surface area (Å²) in [5.74, 6) is 0.931. The highest BCUT2D eigenvalue weighted by Gasteiger charge is 2.28. The van der Waals surface area contributed by atoms with Gasteiger partial charge in [0.1, 0.15) is 0 Å². The van der Waals surface area contributed by atoms with Crippen LogP contribution in [0, 0.1) is 5.41 Å². The number of guanidine groups is 1. The van der Waals surface area contributed by atoms with Crippen LogP contribution in [-0.4, -0.2) is 50.5 Å². The Kier molecular flexibility index (Phi) is 7.49. The highest BCUT2D eigenvalue weighted by molar-refractivity contribution is 5.94. The Morgan fingerprint density at radius 2 is 1.96 bits per heavy atom. The molecule has 0 heterocycles. The van der Waals surface area contributed by atoms with Gasteiger partial charge in [-0.3, -0.25) is 9.79 Å². The Bertz CT molecular complexity index is 618. The van der Waals surface area contributed by atoms with E-state index in [9.17, 15) is 4.79 Å². The third-order valence-corrected chi connectivity index (χ3v) is 5.06. The zero-order valence-electron chi connectivity index (χ0n) is 16.8. The van der Waals surface area contributed by atoms with Gasteiger partial charge in [-0.15, -0.1) is 0 Å². The van der Waals surface area contributed by atoms with E-state index in [4.69, 9.17) is 4.99 Å². The van der Waals surface area contributed by atoms with E-state index < -0.39 is 0 Å². The molecule has 0 radical (unpaired) electrons. The minimum Gasteiger partial charge on any atom is -0.357 e. The lowest BCUT2D eigenvalue weighted by Crippen LogP contribution is -2.39. The summed E-state index contributed by atoms with van der Waals surface area (Å²) in [5, 5.41) is 6.76. The van der Waals surface area contributed by atoms with E-state index in [1.807, 2.05) is 18.2 Å². The molecule has 0 bridgehead atoms. The molecule has 2 N–H and O–H groups in total. The van der Waals surface area contributed by atoms with Gasteiger partial charge >= 0.3 is 0 Å². The Morgan fingerprint density at radius 3 is 2.62 bits per heavy atom. The second-order valence-electron chi connectivity index (χ2n) is 7.79. The van der Waals surface area contributed by atoms with E-state index in [0.717, 1.165) is 43.1 Å². The number of rotatable bonds is 7. The minimum absolute atomic E-state index is 0.0412. The van der Waals surface area contributed by atoms with Crippen molar-refractivity contribution in [2.24, 2.45) is 10.4 Å². The van der Waals surface area contributed by atoms with Crippen molar-refractivity contribution in [2.45, 2.75) is 46.0 Å². The second-order valence-corrected chi connectivity index (χ2v) is 7.79. The van der Waals surface area contributed by atoms with E-state index in [0.29, 0.717) is 5.41 Å². The van der Waals surface area contributed by atoms with Crippen LogP contribution in [0.5, 0.6) is 0 Å². The number of nitrogens with zero attached hydrogens (tertiary/aromatic N) is 2. The lowest BCUT2D eigenvalue weighted by molar-refractivity contribution is 0.0827. The first-order valence-electron chi connectivity index (χ1n) is 9.76. The van der Waals surface area contributed by atoms with E-state index in [2.05, 4.69) is 30.5 Å². The van der Waals surface area contributed by atoms with Gasteiger partial charge in [0.05, 0.1) is 0 Å². The van der Waals surface area contributed by atoms with Crippen molar-refractivity contribution in [3.8, 4) is 0 Å². The van der Waals surface area contributed by atoms with Crippen LogP contribution in [0.2, 0.25) is 0 Å². The van der Waals surface area contributed by atoms with Crippen LogP contribution in [0.4, 0.5) is 0 Å². The molecule has 1 aromatic rings. The van der Waals surface area contributed by atoms with Gasteiger partial charge in [-0.2, -0.15) is 0 Å². The summed E-state index contributed by atoms with van der Waals surface area (Å²) in [6, 6.07) is 7.87. The van der Waals surface area contributed by atoms with E-state index >= 15 is 0 Å². The first-order valence-corrected chi connectivity index (χ1v) is 9.76. The highest BCUT2D eigenvalue weighted by atomic mass is 16.2. The Hall–Kier alpha value is -2.04. The average molecular weight is 359 g/mol. The molecule has 5 heteroatoms. The zero-order chi connectivity index (χ0) is 19.0. The highest BCUT2D eigenvalue weighted by Crippen LogP contribution is 2.37. The molecule has 1 amide bonds. The SMILES string of the molecule is CCNC(=NCC1(C)CCCC1)NCCc1cccc(C(=O)N(C)C)c1. The van der Waals surface area contributed by atoms with Gasteiger partial charge in [0.15, 0.2) is 5.96 Å². The molecule has 0 unspecified atom stereocenters. The van der Waals surface area contributed by atoms with Crippen molar-refractivity contribution in [3.63, 3.8) is 0 Å². The molecule has 0 aliphatic heterocycles. The van der Waals surface area contributed by atoms with Gasteiger partial charge in [-0.25, -0.2) is 0 Å². The minimum atomic E-state index is 0.0412. The molecule has 1 aromatic carbocycles. The lowest BCUT2D eigenvalue weighted by Gasteiger charge is -2.21. The van der Waals surface area contributed by atoms with Crippen LogP contribution >= 0.6 is 0 Å². The maximum absolute atomic E-state index is 12.1. The molecular weight excluding hydrogens is 324 g/mol. The third-order valence-electron chi connectivity index (χ3n) is 5.06. The molecule has 1 aliphatic rings. The predicted molar refractivity (Wildman–Crippen MR) is 109 cm³/mol. The topological polar surface area (TPSA) is 56.7 Å². The number of carbonyl (C=O) groups is 1. The van der Waals surface area contributed by atoms with Gasteiger partial charge < -0.3 is 15.5 Å². The van der Waals surface area contributed by atoms with Gasteiger partial charge in [0, 0.05) is 39.3 Å². The van der Waals surface area contributed by atoms with Gasteiger partial charge in [-0.05, 0) is 49.3 Å². The Labute approximate surface area is 158 Å². The molecule has 1 fully saturated rings. The maximum Gasteiger partial charge on any atom is 0.253 e. The zero-order valence-corrected chi connectivity index (χ0v) is 16.8. The van der Waals surface area contributed by atoms with Crippen molar-refractivity contribution >= 4 is 11.9 Å². The quantitative estimate of drug-likeness (QED) is 0.582. The van der Waals surface area contributed by atoms with Crippen LogP contribution in [-0.2, 0) is 6.42 Å². The predicted octanol–water partition coefficient (Wildman–Crippen LogP) is 3.07. The van der Waals surface area contributed by atoms with Crippen LogP contribution in [0.15, 0.2) is 29.3 Å². The number of benzene rings is 1. The third kappa shape index (κ3) is 6.04. The van der Waals surface area contributed by atoms with Crippen molar-refractivity contribution < 1.29 is 4.79 Å². The molecule has 1 aliphatic carbocycles. The standard InChI is InChI=1S/C21H34N4O/c1-5-22-20(24-16-21(2)12-6-7-13-21)23-14-11-17-9-8-10-18(15-17)19(26)25(3)4/h8-10,15H,5-7,11-14,16H2,1-4H3,(H2,22,23,24). The molecule has 0 atom stereocenters. The van der Waals surface area contributed by atoms with Crippen molar-refractivity contribution in [1.82, 2.24) is 15.5 Å². The van der Waals surface area contributed by atoms with Crippen LogP contribution in [0.1, 0.15) is 55.5 Å². The van der Waals surface area contributed by atoms with Crippen molar-refractivity contribution in [1.29, 1.82) is 0 Å². The van der Waals surface area contributed by atoms with E-state index in [1.54, 1.807) is 19.0 Å². The summed E-state index contributed by atoms with van der Waals surface area (Å²) in [5.41, 5.74) is 2.26. The molecule has 144 valence electrons. The number of nitrogens with one attached hydrogen (secondary N) is 2. The first-order chi connectivity index (χ1) is 12.4.